The van der Waals surface area contributed by atoms with Crippen molar-refractivity contribution in [2.24, 2.45) is 0 Å². The van der Waals surface area contributed by atoms with Gasteiger partial charge in [-0.05, 0) is 56.0 Å². The third-order valence-corrected chi connectivity index (χ3v) is 3.87. The van der Waals surface area contributed by atoms with Gasteiger partial charge in [0.25, 0.3) is 0 Å². The number of benzene rings is 1. The maximum absolute atomic E-state index is 12.7. The Morgan fingerprint density at radius 3 is 2.12 bits per heavy atom. The molecule has 0 spiro atoms. The van der Waals surface area contributed by atoms with E-state index in [4.69, 9.17) is 0 Å². The van der Waals surface area contributed by atoms with Crippen molar-refractivity contribution in [1.29, 1.82) is 0 Å². The number of ketones is 1. The van der Waals surface area contributed by atoms with E-state index in [1.165, 1.54) is 7.11 Å². The van der Waals surface area contributed by atoms with Crippen LogP contribution in [0.15, 0.2) is 6.07 Å². The second kappa shape index (κ2) is 9.88. The van der Waals surface area contributed by atoms with Crippen LogP contribution in [0.5, 0.6) is 0 Å². The van der Waals surface area contributed by atoms with Crippen molar-refractivity contribution in [3.05, 3.63) is 45.3 Å². The number of nitrogens with one attached hydrogen (secondary N) is 1. The number of carbonyl (C=O) groups is 2. The van der Waals surface area contributed by atoms with E-state index >= 15 is 0 Å². The van der Waals surface area contributed by atoms with Crippen molar-refractivity contribution in [3.8, 4) is 0 Å². The van der Waals surface area contributed by atoms with Gasteiger partial charge in [-0.25, -0.2) is 4.79 Å². The van der Waals surface area contributed by atoms with Crippen LogP contribution in [0.4, 0.5) is 0 Å². The SMILES string of the molecule is COC(=O)c1n[nH]nc1C(=O)c1cc(C)c(C)c(C)c1C.[I][V][I]. The number of nitrogens with zero attached hydrogens (tertiary/aromatic N) is 2. The Bertz CT molecular complexity index is 763. The Balaban J connectivity index is 0.000000891. The molecule has 1 aromatic heterocycles. The van der Waals surface area contributed by atoms with Gasteiger partial charge < -0.3 is 4.74 Å². The monoisotopic (exact) mass is 592 g/mol. The molecule has 9 heteroatoms. The van der Waals surface area contributed by atoms with Crippen molar-refractivity contribution in [1.82, 2.24) is 15.4 Å². The van der Waals surface area contributed by atoms with Crippen molar-refractivity contribution in [2.75, 3.05) is 7.11 Å². The quantitative estimate of drug-likeness (QED) is 0.333. The number of methoxy groups -OCH3 is 1. The van der Waals surface area contributed by atoms with E-state index in [1.54, 1.807) is 0 Å². The molecule has 0 bridgehead atoms. The van der Waals surface area contributed by atoms with E-state index in [-0.39, 0.29) is 17.2 Å². The molecule has 0 amide bonds. The molecule has 1 heterocycles. The number of esters is 1. The van der Waals surface area contributed by atoms with E-state index in [9.17, 15) is 9.59 Å². The number of aromatic nitrogens is 3. The van der Waals surface area contributed by atoms with Crippen molar-refractivity contribution in [2.45, 2.75) is 27.7 Å². The molecule has 0 saturated carbocycles. The Labute approximate surface area is 169 Å². The third-order valence-electron chi connectivity index (χ3n) is 3.87. The van der Waals surface area contributed by atoms with Gasteiger partial charge in [0, 0.05) is 5.56 Å². The fourth-order valence-electron chi connectivity index (χ4n) is 2.20. The first kappa shape index (κ1) is 21.6. The predicted molar refractivity (Wildman–Crippen MR) is 105 cm³/mol. The van der Waals surface area contributed by atoms with E-state index in [0.29, 0.717) is 15.0 Å². The topological polar surface area (TPSA) is 84.9 Å². The molecule has 0 atom stereocenters. The first-order valence-electron chi connectivity index (χ1n) is 6.83. The zero-order valence-corrected chi connectivity index (χ0v) is 19.6. The minimum absolute atomic E-state index is 0.0207. The molecule has 0 aliphatic rings. The van der Waals surface area contributed by atoms with Gasteiger partial charge in [0.1, 0.15) is 0 Å². The van der Waals surface area contributed by atoms with Gasteiger partial charge >= 0.3 is 55.4 Å². The molecule has 0 unspecified atom stereocenters. The summed E-state index contributed by atoms with van der Waals surface area (Å²) in [5, 5.41) is 9.79. The second-order valence-electron chi connectivity index (χ2n) is 5.02. The summed E-state index contributed by atoms with van der Waals surface area (Å²) in [4.78, 5) is 24.3. The summed E-state index contributed by atoms with van der Waals surface area (Å²) in [5.74, 6) is -1.03. The van der Waals surface area contributed by atoms with Crippen molar-refractivity contribution >= 4 is 51.7 Å². The van der Waals surface area contributed by atoms with E-state index in [2.05, 4.69) is 60.1 Å². The first-order chi connectivity index (χ1) is 11.3. The first-order valence-corrected chi connectivity index (χ1v) is 15.8. The summed E-state index contributed by atoms with van der Waals surface area (Å²) in [6.45, 7) is 7.82. The summed E-state index contributed by atoms with van der Waals surface area (Å²) in [6, 6.07) is 1.82. The summed E-state index contributed by atoms with van der Waals surface area (Å²) in [7, 11) is 1.86. The molecule has 1 N–H and O–H groups in total. The standard InChI is InChI=1S/C15H17N3O3.2HI.V/c1-7-6-11(10(4)9(3)8(7)2)14(19)12-13(15(20)21-5)17-18-16-12;;;/h6H,1-5H3,(H,16,17,18);2*1H;/q;;;+2/p-2. The summed E-state index contributed by atoms with van der Waals surface area (Å²) in [6.07, 6.45) is 0. The maximum atomic E-state index is 12.7. The summed E-state index contributed by atoms with van der Waals surface area (Å²) in [5.41, 5.74) is 4.50. The molecule has 1 aromatic carbocycles. The fourth-order valence-corrected chi connectivity index (χ4v) is 2.20. The zero-order valence-electron chi connectivity index (χ0n) is 13.9. The number of hydrogen-bond donors (Lipinski definition) is 1. The third kappa shape index (κ3) is 4.80. The predicted octanol–water partition coefficient (Wildman–Crippen LogP) is 3.82. The van der Waals surface area contributed by atoms with Crippen LogP contribution in [-0.2, 0) is 14.2 Å². The Hall–Kier alpha value is -0.456. The van der Waals surface area contributed by atoms with Crippen LogP contribution in [0, 0.1) is 27.7 Å². The van der Waals surface area contributed by atoms with E-state index in [1.807, 2.05) is 33.8 Å². The fraction of sp³-hybridized carbons (Fsp3) is 0.333. The number of ether oxygens (including phenoxy) is 1. The van der Waals surface area contributed by atoms with Crippen LogP contribution < -0.4 is 0 Å². The van der Waals surface area contributed by atoms with Gasteiger partial charge in [-0.2, -0.15) is 10.3 Å². The van der Waals surface area contributed by atoms with Crippen LogP contribution >= 0.6 is 40.0 Å². The van der Waals surface area contributed by atoms with Gasteiger partial charge in [-0.15, -0.1) is 5.10 Å². The number of rotatable bonds is 3. The summed E-state index contributed by atoms with van der Waals surface area (Å²) < 4.78 is 4.60. The normalized spacial score (nSPS) is 9.79. The molecule has 24 heavy (non-hydrogen) atoms. The van der Waals surface area contributed by atoms with E-state index < -0.39 is 5.97 Å². The number of halogens is 2. The van der Waals surface area contributed by atoms with Crippen LogP contribution in [0.25, 0.3) is 0 Å². The second-order valence-corrected chi connectivity index (χ2v) is 16.8. The zero-order chi connectivity index (χ0) is 18.4. The van der Waals surface area contributed by atoms with Crippen LogP contribution in [-0.4, -0.2) is 34.3 Å². The molecule has 0 radical (unpaired) electrons. The summed E-state index contributed by atoms with van der Waals surface area (Å²) >= 11 is 4.74. The Morgan fingerprint density at radius 1 is 1.04 bits per heavy atom. The number of hydrogen-bond acceptors (Lipinski definition) is 5. The molecule has 0 fully saturated rings. The molecule has 0 saturated heterocycles. The van der Waals surface area contributed by atoms with Gasteiger partial charge in [0.15, 0.2) is 5.69 Å². The van der Waals surface area contributed by atoms with Crippen LogP contribution in [0.3, 0.4) is 0 Å². The molecule has 2 rings (SSSR count). The molecule has 0 aliphatic carbocycles. The van der Waals surface area contributed by atoms with Gasteiger partial charge in [0.05, 0.1) is 7.11 Å². The molecule has 0 aliphatic heterocycles. The van der Waals surface area contributed by atoms with Crippen LogP contribution in [0.1, 0.15) is 48.8 Å². The van der Waals surface area contributed by atoms with Crippen molar-refractivity contribution in [3.63, 3.8) is 0 Å². The number of carbonyl (C=O) groups excluding carboxylic acids is 2. The van der Waals surface area contributed by atoms with Gasteiger partial charge in [0.2, 0.25) is 11.5 Å². The molecule has 6 nitrogen and oxygen atoms in total. The average molecular weight is 592 g/mol. The average Bonchev–Trinajstić information content (AvgIpc) is 3.05. The molecule has 2 aromatic rings. The van der Waals surface area contributed by atoms with Gasteiger partial charge in [-0.3, -0.25) is 4.79 Å². The number of aromatic amines is 1. The van der Waals surface area contributed by atoms with E-state index in [0.717, 1.165) is 22.3 Å². The molecule has 129 valence electrons. The van der Waals surface area contributed by atoms with Gasteiger partial charge in [-0.1, -0.05) is 0 Å². The van der Waals surface area contributed by atoms with Crippen LogP contribution in [0.2, 0.25) is 0 Å². The Morgan fingerprint density at radius 2 is 1.58 bits per heavy atom. The number of aryl methyl sites for hydroxylation is 1. The Kier molecular flexibility index (Phi) is 8.89. The molecular formula is C15H17I2N3O3V. The molecular weight excluding hydrogens is 575 g/mol. The minimum atomic E-state index is -0.690. The number of H-pyrrole nitrogens is 1. The van der Waals surface area contributed by atoms with Crippen molar-refractivity contribution < 1.29 is 23.8 Å².